The monoisotopic (exact) mass is 193 g/mol. The van der Waals surface area contributed by atoms with Gasteiger partial charge < -0.3 is 5.32 Å². The van der Waals surface area contributed by atoms with Crippen molar-refractivity contribution in [2.75, 3.05) is 5.32 Å². The van der Waals surface area contributed by atoms with Gasteiger partial charge in [0.25, 0.3) is 0 Å². The van der Waals surface area contributed by atoms with Crippen molar-refractivity contribution in [3.8, 4) is 0 Å². The van der Waals surface area contributed by atoms with Crippen LogP contribution in [-0.2, 0) is 0 Å². The van der Waals surface area contributed by atoms with Gasteiger partial charge in [0.1, 0.15) is 5.82 Å². The summed E-state index contributed by atoms with van der Waals surface area (Å²) in [5.74, 6) is 0.702. The van der Waals surface area contributed by atoms with E-state index in [0.717, 1.165) is 5.13 Å². The number of hydrogen-bond donors (Lipinski definition) is 1. The van der Waals surface area contributed by atoms with E-state index in [9.17, 15) is 0 Å². The molecule has 0 saturated heterocycles. The third kappa shape index (κ3) is 3.21. The predicted octanol–water partition coefficient (Wildman–Crippen LogP) is 2.67. The lowest BCUT2D eigenvalue weighted by Crippen LogP contribution is -1.94. The Balaban J connectivity index is 2.65. The molecule has 0 saturated carbocycles. The van der Waals surface area contributed by atoms with Crippen molar-refractivity contribution in [1.29, 1.82) is 0 Å². The summed E-state index contributed by atoms with van der Waals surface area (Å²) in [6.45, 7) is 5.40. The normalized spacial score (nSPS) is 11.9. The van der Waals surface area contributed by atoms with Crippen LogP contribution in [-0.4, -0.2) is 11.7 Å². The van der Waals surface area contributed by atoms with Crippen LogP contribution in [0.25, 0.3) is 0 Å². The molecule has 13 heavy (non-hydrogen) atoms. The summed E-state index contributed by atoms with van der Waals surface area (Å²) in [7, 11) is 0. The van der Waals surface area contributed by atoms with E-state index in [4.69, 9.17) is 0 Å². The molecule has 0 atom stereocenters. The zero-order chi connectivity index (χ0) is 9.52. The Hall–Kier alpha value is -1.42. The summed E-state index contributed by atoms with van der Waals surface area (Å²) in [6.07, 6.45) is 7.40. The van der Waals surface area contributed by atoms with Crippen molar-refractivity contribution in [2.24, 2.45) is 4.99 Å². The molecule has 0 bridgehead atoms. The van der Waals surface area contributed by atoms with Crippen molar-refractivity contribution in [1.82, 2.24) is 4.98 Å². The van der Waals surface area contributed by atoms with Crippen LogP contribution in [0.5, 0.6) is 0 Å². The average Bonchev–Trinajstić information content (AvgIpc) is 2.64. The second-order valence-electron chi connectivity index (χ2n) is 2.20. The maximum atomic E-state index is 4.07. The number of nitrogens with zero attached hydrogens (tertiary/aromatic N) is 2. The highest BCUT2D eigenvalue weighted by Gasteiger charge is 1.94. The van der Waals surface area contributed by atoms with E-state index in [1.807, 2.05) is 30.5 Å². The van der Waals surface area contributed by atoms with Gasteiger partial charge in [-0.25, -0.2) is 9.98 Å². The molecular formula is C9H11N3S. The van der Waals surface area contributed by atoms with E-state index >= 15 is 0 Å². The Labute approximate surface area is 81.5 Å². The smallest absolute Gasteiger partial charge is 0.188 e. The highest BCUT2D eigenvalue weighted by molar-refractivity contribution is 7.13. The summed E-state index contributed by atoms with van der Waals surface area (Å²) >= 11 is 1.53. The first-order valence-electron chi connectivity index (χ1n) is 3.83. The van der Waals surface area contributed by atoms with E-state index in [2.05, 4.69) is 22.0 Å². The Morgan fingerprint density at radius 1 is 1.77 bits per heavy atom. The minimum Gasteiger partial charge on any atom is -0.316 e. The van der Waals surface area contributed by atoms with Crippen molar-refractivity contribution >= 4 is 23.2 Å². The molecule has 0 aromatic carbocycles. The van der Waals surface area contributed by atoms with Crippen LogP contribution < -0.4 is 5.32 Å². The second-order valence-corrected chi connectivity index (χ2v) is 3.09. The van der Waals surface area contributed by atoms with E-state index < -0.39 is 0 Å². The van der Waals surface area contributed by atoms with Crippen LogP contribution >= 0.6 is 11.3 Å². The van der Waals surface area contributed by atoms with Crippen molar-refractivity contribution in [3.05, 3.63) is 35.6 Å². The molecule has 0 aliphatic heterocycles. The van der Waals surface area contributed by atoms with Gasteiger partial charge in [0.15, 0.2) is 5.13 Å². The number of allylic oxidation sites excluding steroid dienone is 3. The molecule has 0 aliphatic carbocycles. The lowest BCUT2D eigenvalue weighted by Gasteiger charge is -1.99. The number of thiazole rings is 1. The summed E-state index contributed by atoms with van der Waals surface area (Å²) < 4.78 is 0. The molecule has 0 fully saturated rings. The Bertz CT molecular complexity index is 312. The topological polar surface area (TPSA) is 37.3 Å². The van der Waals surface area contributed by atoms with Gasteiger partial charge in [0.2, 0.25) is 0 Å². The molecule has 1 N–H and O–H groups in total. The van der Waals surface area contributed by atoms with Crippen LogP contribution in [0.2, 0.25) is 0 Å². The fourth-order valence-corrected chi connectivity index (χ4v) is 1.25. The molecule has 4 heteroatoms. The number of aliphatic imine (C=N–C) groups is 1. The molecule has 0 aliphatic rings. The minimum atomic E-state index is 0.702. The second kappa shape index (κ2) is 5.27. The number of hydrogen-bond acceptors (Lipinski definition) is 4. The molecule has 0 radical (unpaired) electrons. The maximum Gasteiger partial charge on any atom is 0.188 e. The standard InChI is InChI=1S/C9H11N3S/c1-3-4-5-8(10-2)12-9-11-6-7-13-9/h3-7H,2H2,1H3,(H,11,12)/b4-3-,8-5+. The van der Waals surface area contributed by atoms with Crippen LogP contribution in [0.3, 0.4) is 0 Å². The lowest BCUT2D eigenvalue weighted by molar-refractivity contribution is 1.28. The van der Waals surface area contributed by atoms with Gasteiger partial charge >= 0.3 is 0 Å². The Morgan fingerprint density at radius 2 is 2.62 bits per heavy atom. The lowest BCUT2D eigenvalue weighted by atomic mass is 10.5. The fraction of sp³-hybridized carbons (Fsp3) is 0.111. The molecule has 1 aromatic rings. The van der Waals surface area contributed by atoms with Gasteiger partial charge in [-0.2, -0.15) is 0 Å². The molecule has 1 rings (SSSR count). The van der Waals surface area contributed by atoms with Crippen LogP contribution in [0.4, 0.5) is 5.13 Å². The van der Waals surface area contributed by atoms with Crippen LogP contribution in [0.15, 0.2) is 40.6 Å². The summed E-state index contributed by atoms with van der Waals surface area (Å²) in [6, 6.07) is 0. The third-order valence-corrected chi connectivity index (χ3v) is 1.97. The van der Waals surface area contributed by atoms with Gasteiger partial charge in [0, 0.05) is 11.6 Å². The molecule has 68 valence electrons. The first-order valence-corrected chi connectivity index (χ1v) is 4.71. The molecule has 1 aromatic heterocycles. The van der Waals surface area contributed by atoms with Crippen LogP contribution in [0, 0.1) is 0 Å². The van der Waals surface area contributed by atoms with Gasteiger partial charge in [-0.05, 0) is 19.7 Å². The van der Waals surface area contributed by atoms with Gasteiger partial charge in [-0.1, -0.05) is 12.2 Å². The quantitative estimate of drug-likeness (QED) is 0.589. The summed E-state index contributed by atoms with van der Waals surface area (Å²) in [5.41, 5.74) is 0. The fourth-order valence-electron chi connectivity index (χ4n) is 0.716. The highest BCUT2D eigenvalue weighted by Crippen LogP contribution is 2.13. The average molecular weight is 193 g/mol. The predicted molar refractivity (Wildman–Crippen MR) is 58.2 cm³/mol. The van der Waals surface area contributed by atoms with E-state index in [1.54, 1.807) is 6.20 Å². The van der Waals surface area contributed by atoms with Gasteiger partial charge in [0.05, 0.1) is 0 Å². The molecule has 0 amide bonds. The summed E-state index contributed by atoms with van der Waals surface area (Å²) in [4.78, 5) is 7.88. The zero-order valence-corrected chi connectivity index (χ0v) is 8.21. The SMILES string of the molecule is C=N/C(=C\C=C/C)Nc1nccs1. The zero-order valence-electron chi connectivity index (χ0n) is 7.40. The molecule has 3 nitrogen and oxygen atoms in total. The van der Waals surface area contributed by atoms with Gasteiger partial charge in [-0.15, -0.1) is 11.3 Å². The Kier molecular flexibility index (Phi) is 3.92. The minimum absolute atomic E-state index is 0.702. The van der Waals surface area contributed by atoms with E-state index in [1.165, 1.54) is 11.3 Å². The molecular weight excluding hydrogens is 182 g/mol. The van der Waals surface area contributed by atoms with E-state index in [-0.39, 0.29) is 0 Å². The number of aromatic nitrogens is 1. The number of rotatable bonds is 4. The van der Waals surface area contributed by atoms with Crippen molar-refractivity contribution < 1.29 is 0 Å². The highest BCUT2D eigenvalue weighted by atomic mass is 32.1. The third-order valence-electron chi connectivity index (χ3n) is 1.28. The summed E-state index contributed by atoms with van der Waals surface area (Å²) in [5, 5.41) is 5.76. The largest absolute Gasteiger partial charge is 0.316 e. The Morgan fingerprint density at radius 3 is 3.15 bits per heavy atom. The van der Waals surface area contributed by atoms with Crippen LogP contribution in [0.1, 0.15) is 6.92 Å². The number of anilines is 1. The van der Waals surface area contributed by atoms with Crippen molar-refractivity contribution in [3.63, 3.8) is 0 Å². The van der Waals surface area contributed by atoms with Crippen molar-refractivity contribution in [2.45, 2.75) is 6.92 Å². The molecule has 0 unspecified atom stereocenters. The number of nitrogens with one attached hydrogen (secondary N) is 1. The molecule has 1 heterocycles. The maximum absolute atomic E-state index is 4.07. The van der Waals surface area contributed by atoms with E-state index in [0.29, 0.717) is 5.82 Å². The first kappa shape index (κ1) is 9.67. The first-order chi connectivity index (χ1) is 6.36. The molecule has 0 spiro atoms. The van der Waals surface area contributed by atoms with Gasteiger partial charge in [-0.3, -0.25) is 0 Å².